The molecule has 198 valence electrons. The molecule has 0 saturated carbocycles. The second kappa shape index (κ2) is 11.5. The van der Waals surface area contributed by atoms with Crippen LogP contribution in [0.4, 0.5) is 10.2 Å². The number of amides is 1. The summed E-state index contributed by atoms with van der Waals surface area (Å²) in [6.45, 7) is 6.66. The Morgan fingerprint density at radius 2 is 1.79 bits per heavy atom. The molecular weight excluding hydrogens is 503 g/mol. The highest BCUT2D eigenvalue weighted by Crippen LogP contribution is 2.31. The van der Waals surface area contributed by atoms with Gasteiger partial charge >= 0.3 is 0 Å². The van der Waals surface area contributed by atoms with E-state index in [1.54, 1.807) is 16.8 Å². The molecule has 5 rings (SSSR count). The van der Waals surface area contributed by atoms with E-state index in [4.69, 9.17) is 26.7 Å². The lowest BCUT2D eigenvalue weighted by atomic mass is 10.1. The first kappa shape index (κ1) is 26.1. The summed E-state index contributed by atoms with van der Waals surface area (Å²) in [6.07, 6.45) is 3.57. The molecule has 4 aromatic rings. The first-order valence-corrected chi connectivity index (χ1v) is 13.6. The van der Waals surface area contributed by atoms with Crippen LogP contribution in [0.15, 0.2) is 54.6 Å². The Balaban J connectivity index is 1.46. The number of benzene rings is 2. The molecule has 0 spiro atoms. The summed E-state index contributed by atoms with van der Waals surface area (Å²) in [5.74, 6) is 1.24. The van der Waals surface area contributed by atoms with Gasteiger partial charge in [0.2, 0.25) is 5.91 Å². The van der Waals surface area contributed by atoms with E-state index in [9.17, 15) is 9.18 Å². The molecule has 1 aliphatic rings. The Morgan fingerprint density at radius 1 is 1.03 bits per heavy atom. The van der Waals surface area contributed by atoms with Crippen LogP contribution in [0, 0.1) is 12.7 Å². The molecule has 2 aromatic heterocycles. The second-order valence-electron chi connectivity index (χ2n) is 9.68. The Kier molecular flexibility index (Phi) is 7.88. The molecule has 0 unspecified atom stereocenters. The molecule has 9 heteroatoms. The smallest absolute Gasteiger partial charge is 0.245 e. The van der Waals surface area contributed by atoms with Crippen molar-refractivity contribution in [2.45, 2.75) is 44.9 Å². The van der Waals surface area contributed by atoms with Crippen molar-refractivity contribution in [1.29, 1.82) is 0 Å². The Morgan fingerprint density at radius 3 is 2.53 bits per heavy atom. The number of fused-ring (bicyclic) bond motifs is 1. The third kappa shape index (κ3) is 5.36. The Bertz CT molecular complexity index is 1410. The number of nitrogens with zero attached hydrogens (tertiary/aromatic N) is 6. The van der Waals surface area contributed by atoms with Gasteiger partial charge < -0.3 is 9.80 Å². The molecule has 0 aliphatic carbocycles. The third-order valence-corrected chi connectivity index (χ3v) is 7.41. The van der Waals surface area contributed by atoms with Gasteiger partial charge in [0.15, 0.2) is 5.65 Å². The summed E-state index contributed by atoms with van der Waals surface area (Å²) >= 11 is 6.58. The van der Waals surface area contributed by atoms with E-state index < -0.39 is 5.38 Å². The summed E-state index contributed by atoms with van der Waals surface area (Å²) in [5.41, 5.74) is 3.08. The van der Waals surface area contributed by atoms with Crippen molar-refractivity contribution in [3.05, 3.63) is 77.5 Å². The molecule has 7 nitrogen and oxygen atoms in total. The molecule has 38 heavy (non-hydrogen) atoms. The summed E-state index contributed by atoms with van der Waals surface area (Å²) in [4.78, 5) is 27.2. The van der Waals surface area contributed by atoms with E-state index in [0.717, 1.165) is 66.2 Å². The molecule has 1 aliphatic heterocycles. The van der Waals surface area contributed by atoms with Gasteiger partial charge in [0.25, 0.3) is 0 Å². The Hall–Kier alpha value is -3.52. The fraction of sp³-hybridized carbons (Fsp3) is 0.379. The number of carbonyl (C=O) groups is 1. The maximum atomic E-state index is 13.6. The molecule has 1 atom stereocenters. The summed E-state index contributed by atoms with van der Waals surface area (Å²) < 4.78 is 15.4. The number of hydrogen-bond acceptors (Lipinski definition) is 5. The predicted molar refractivity (Wildman–Crippen MR) is 148 cm³/mol. The monoisotopic (exact) mass is 534 g/mol. The minimum absolute atomic E-state index is 0.0727. The lowest BCUT2D eigenvalue weighted by Gasteiger charge is -2.25. The van der Waals surface area contributed by atoms with Crippen molar-refractivity contribution in [3.63, 3.8) is 0 Å². The molecular formula is C29H32ClFN6O. The van der Waals surface area contributed by atoms with Crippen LogP contribution in [0.3, 0.4) is 0 Å². The van der Waals surface area contributed by atoms with E-state index in [1.807, 2.05) is 42.2 Å². The quantitative estimate of drug-likeness (QED) is 0.288. The number of aromatic nitrogens is 4. The number of alkyl halides is 1. The summed E-state index contributed by atoms with van der Waals surface area (Å²) in [5, 5.41) is 4.95. The lowest BCUT2D eigenvalue weighted by Crippen LogP contribution is -2.37. The number of aryl methyl sites for hydroxylation is 2. The van der Waals surface area contributed by atoms with Crippen molar-refractivity contribution >= 4 is 34.4 Å². The topological polar surface area (TPSA) is 67.2 Å². The zero-order chi connectivity index (χ0) is 26.6. The van der Waals surface area contributed by atoms with E-state index in [1.165, 1.54) is 12.1 Å². The first-order valence-electron chi connectivity index (χ1n) is 13.2. The van der Waals surface area contributed by atoms with Crippen LogP contribution in [0.1, 0.15) is 48.6 Å². The molecule has 1 saturated heterocycles. The van der Waals surface area contributed by atoms with Crippen molar-refractivity contribution < 1.29 is 9.18 Å². The van der Waals surface area contributed by atoms with Gasteiger partial charge in [-0.25, -0.2) is 19.0 Å². The molecule has 3 heterocycles. The average Bonchev–Trinajstić information content (AvgIpc) is 3.11. The van der Waals surface area contributed by atoms with Crippen LogP contribution in [0.25, 0.3) is 16.7 Å². The number of anilines is 1. The minimum atomic E-state index is -0.703. The van der Waals surface area contributed by atoms with E-state index in [2.05, 4.69) is 11.8 Å². The van der Waals surface area contributed by atoms with Gasteiger partial charge in [-0.3, -0.25) is 4.79 Å². The highest BCUT2D eigenvalue weighted by atomic mass is 35.5. The van der Waals surface area contributed by atoms with Gasteiger partial charge in [-0.05, 0) is 49.6 Å². The van der Waals surface area contributed by atoms with Crippen LogP contribution < -0.4 is 4.90 Å². The summed E-state index contributed by atoms with van der Waals surface area (Å²) in [7, 11) is 0. The maximum absolute atomic E-state index is 13.6. The zero-order valence-electron chi connectivity index (χ0n) is 21.8. The number of hydrogen-bond donors (Lipinski definition) is 0. The Labute approximate surface area is 227 Å². The fourth-order valence-corrected chi connectivity index (χ4v) is 5.20. The van der Waals surface area contributed by atoms with Gasteiger partial charge in [-0.15, -0.1) is 11.6 Å². The summed E-state index contributed by atoms with van der Waals surface area (Å²) in [6, 6.07) is 15.8. The van der Waals surface area contributed by atoms with Gasteiger partial charge in [0, 0.05) is 32.6 Å². The van der Waals surface area contributed by atoms with Crippen LogP contribution in [-0.4, -0.2) is 56.7 Å². The molecule has 2 aromatic carbocycles. The van der Waals surface area contributed by atoms with Gasteiger partial charge in [0.05, 0.1) is 16.8 Å². The SMILES string of the molecule is CCCCc1nc(N2CCCN(C(=O)[C@@H](Cl)c3ccccc3)CC2)c2c(C)nn(-c3ccc(F)cc3)c2n1. The van der Waals surface area contributed by atoms with Crippen molar-refractivity contribution in [2.24, 2.45) is 0 Å². The molecule has 0 radical (unpaired) electrons. The maximum Gasteiger partial charge on any atom is 0.245 e. The van der Waals surface area contributed by atoms with Crippen molar-refractivity contribution in [3.8, 4) is 5.69 Å². The van der Waals surface area contributed by atoms with Crippen molar-refractivity contribution in [2.75, 3.05) is 31.1 Å². The first-order chi connectivity index (χ1) is 18.5. The largest absolute Gasteiger partial charge is 0.354 e. The van der Waals surface area contributed by atoms with E-state index in [0.29, 0.717) is 25.3 Å². The lowest BCUT2D eigenvalue weighted by molar-refractivity contribution is -0.130. The number of rotatable bonds is 7. The van der Waals surface area contributed by atoms with Crippen molar-refractivity contribution in [1.82, 2.24) is 24.6 Å². The highest BCUT2D eigenvalue weighted by Gasteiger charge is 2.28. The van der Waals surface area contributed by atoms with Crippen LogP contribution in [-0.2, 0) is 11.2 Å². The highest BCUT2D eigenvalue weighted by molar-refractivity contribution is 6.30. The third-order valence-electron chi connectivity index (χ3n) is 6.97. The van der Waals surface area contributed by atoms with Crippen LogP contribution in [0.5, 0.6) is 0 Å². The molecule has 0 bridgehead atoms. The van der Waals surface area contributed by atoms with E-state index >= 15 is 0 Å². The van der Waals surface area contributed by atoms with Crippen LogP contribution >= 0.6 is 11.6 Å². The van der Waals surface area contributed by atoms with Crippen LogP contribution in [0.2, 0.25) is 0 Å². The van der Waals surface area contributed by atoms with E-state index in [-0.39, 0.29) is 11.7 Å². The molecule has 1 fully saturated rings. The number of carbonyl (C=O) groups excluding carboxylic acids is 1. The minimum Gasteiger partial charge on any atom is -0.354 e. The number of halogens is 2. The molecule has 1 amide bonds. The normalized spacial score (nSPS) is 15.1. The fourth-order valence-electron chi connectivity index (χ4n) is 4.92. The van der Waals surface area contributed by atoms with Gasteiger partial charge in [-0.1, -0.05) is 43.7 Å². The second-order valence-corrected chi connectivity index (χ2v) is 10.1. The van der Waals surface area contributed by atoms with Gasteiger partial charge in [-0.2, -0.15) is 5.10 Å². The van der Waals surface area contributed by atoms with Gasteiger partial charge in [0.1, 0.15) is 22.8 Å². The zero-order valence-corrected chi connectivity index (χ0v) is 22.5. The standard InChI is InChI=1S/C29H32ClFN6O/c1-3-4-11-24-32-27(25-20(2)34-37(28(25)33-24)23-14-12-22(31)13-15-23)35-16-8-17-36(19-18-35)29(38)26(30)21-9-6-5-7-10-21/h5-7,9-10,12-15,26H,3-4,8,11,16-19H2,1-2H3/t26-/m0/s1. The number of unbranched alkanes of at least 4 members (excludes halogenated alkanes) is 1. The average molecular weight is 535 g/mol. The molecule has 0 N–H and O–H groups in total. The predicted octanol–water partition coefficient (Wildman–Crippen LogP) is 5.62.